The second-order valence-electron chi connectivity index (χ2n) is 5.26. The lowest BCUT2D eigenvalue weighted by Gasteiger charge is -2.09. The first-order chi connectivity index (χ1) is 12.7. The van der Waals surface area contributed by atoms with Crippen molar-refractivity contribution < 1.29 is 14.2 Å². The number of H-pyrrole nitrogens is 1. The van der Waals surface area contributed by atoms with Gasteiger partial charge in [-0.2, -0.15) is 14.9 Å². The molecule has 1 N–H and O–H groups in total. The van der Waals surface area contributed by atoms with E-state index in [1.54, 1.807) is 32.2 Å². The number of methoxy groups -OCH3 is 3. The molecule has 0 aliphatic rings. The molecule has 2 aromatic carbocycles. The number of nitrogens with zero attached hydrogens (tertiary/aromatic N) is 3. The van der Waals surface area contributed by atoms with Crippen LogP contribution in [0.4, 0.5) is 0 Å². The van der Waals surface area contributed by atoms with E-state index in [1.165, 1.54) is 0 Å². The summed E-state index contributed by atoms with van der Waals surface area (Å²) in [6.45, 7) is 0. The lowest BCUT2D eigenvalue weighted by molar-refractivity contribution is 0.355. The van der Waals surface area contributed by atoms with E-state index in [0.29, 0.717) is 22.1 Å². The number of benzene rings is 2. The summed E-state index contributed by atoms with van der Waals surface area (Å²) in [4.78, 5) is 0. The first-order valence-electron chi connectivity index (χ1n) is 7.74. The number of aromatic amines is 1. The summed E-state index contributed by atoms with van der Waals surface area (Å²) in [6.07, 6.45) is 1.69. The van der Waals surface area contributed by atoms with E-state index in [9.17, 15) is 0 Å². The van der Waals surface area contributed by atoms with Gasteiger partial charge in [-0.05, 0) is 48.1 Å². The molecule has 0 fully saturated rings. The molecule has 1 aromatic heterocycles. The summed E-state index contributed by atoms with van der Waals surface area (Å²) in [5, 5.41) is 11.5. The third kappa shape index (κ3) is 3.60. The second kappa shape index (κ2) is 7.83. The summed E-state index contributed by atoms with van der Waals surface area (Å²) in [5.74, 6) is 2.55. The van der Waals surface area contributed by atoms with Crippen molar-refractivity contribution in [2.75, 3.05) is 21.3 Å². The van der Waals surface area contributed by atoms with E-state index in [0.717, 1.165) is 16.9 Å². The van der Waals surface area contributed by atoms with Gasteiger partial charge in [-0.3, -0.25) is 0 Å². The molecule has 0 saturated carbocycles. The molecule has 0 amide bonds. The molecule has 0 aliphatic carbocycles. The van der Waals surface area contributed by atoms with E-state index >= 15 is 0 Å². The van der Waals surface area contributed by atoms with Crippen LogP contribution < -0.4 is 14.2 Å². The van der Waals surface area contributed by atoms with Gasteiger partial charge in [0.25, 0.3) is 0 Å². The number of rotatable bonds is 6. The minimum Gasteiger partial charge on any atom is -0.497 e. The molecule has 0 spiro atoms. The number of nitrogens with one attached hydrogen (secondary N) is 1. The Hall–Kier alpha value is -3.13. The van der Waals surface area contributed by atoms with E-state index in [1.807, 2.05) is 42.5 Å². The Morgan fingerprint density at radius 2 is 1.85 bits per heavy atom. The largest absolute Gasteiger partial charge is 0.497 e. The normalized spacial score (nSPS) is 10.9. The number of ether oxygens (including phenoxy) is 3. The van der Waals surface area contributed by atoms with Gasteiger partial charge in [-0.25, -0.2) is 5.10 Å². The standard InChI is InChI=1S/C18H18N4O3S/c1-23-14-6-4-5-12(9-14)11-19-22-17(20-21-18(22)26)13-7-8-15(24-2)16(10-13)25-3/h4-11H,1-3H3,(H,21,26)/b19-11+. The number of hydrogen-bond donors (Lipinski definition) is 1. The topological polar surface area (TPSA) is 73.7 Å². The van der Waals surface area contributed by atoms with Crippen molar-refractivity contribution in [3.05, 3.63) is 52.8 Å². The van der Waals surface area contributed by atoms with Crippen molar-refractivity contribution in [1.29, 1.82) is 0 Å². The van der Waals surface area contributed by atoms with E-state index in [2.05, 4.69) is 15.3 Å². The van der Waals surface area contributed by atoms with Crippen LogP contribution >= 0.6 is 12.2 Å². The molecule has 0 radical (unpaired) electrons. The van der Waals surface area contributed by atoms with E-state index < -0.39 is 0 Å². The molecule has 0 atom stereocenters. The fourth-order valence-electron chi connectivity index (χ4n) is 2.41. The highest BCUT2D eigenvalue weighted by Crippen LogP contribution is 2.31. The van der Waals surface area contributed by atoms with Crippen molar-refractivity contribution in [2.24, 2.45) is 5.10 Å². The van der Waals surface area contributed by atoms with Crippen LogP contribution in [0.2, 0.25) is 0 Å². The van der Waals surface area contributed by atoms with E-state index in [4.69, 9.17) is 26.4 Å². The Morgan fingerprint density at radius 1 is 1.04 bits per heavy atom. The fraction of sp³-hybridized carbons (Fsp3) is 0.167. The highest BCUT2D eigenvalue weighted by atomic mass is 32.1. The van der Waals surface area contributed by atoms with Gasteiger partial charge in [0.1, 0.15) is 5.75 Å². The Labute approximate surface area is 155 Å². The van der Waals surface area contributed by atoms with Gasteiger partial charge in [-0.1, -0.05) is 12.1 Å². The Morgan fingerprint density at radius 3 is 2.58 bits per heavy atom. The molecule has 26 heavy (non-hydrogen) atoms. The summed E-state index contributed by atoms with van der Waals surface area (Å²) in [6, 6.07) is 13.1. The average molecular weight is 370 g/mol. The molecule has 3 rings (SSSR count). The number of aromatic nitrogens is 3. The third-order valence-corrected chi connectivity index (χ3v) is 3.97. The molecule has 0 unspecified atom stereocenters. The van der Waals surface area contributed by atoms with Crippen molar-refractivity contribution >= 4 is 18.4 Å². The summed E-state index contributed by atoms with van der Waals surface area (Å²) in [7, 11) is 4.79. The lowest BCUT2D eigenvalue weighted by atomic mass is 10.2. The minimum atomic E-state index is 0.383. The van der Waals surface area contributed by atoms with Crippen molar-refractivity contribution in [3.8, 4) is 28.6 Å². The molecule has 7 nitrogen and oxygen atoms in total. The first-order valence-corrected chi connectivity index (χ1v) is 8.15. The maximum Gasteiger partial charge on any atom is 0.216 e. The molecule has 0 bridgehead atoms. The molecular formula is C18H18N4O3S. The highest BCUT2D eigenvalue weighted by Gasteiger charge is 2.12. The molecule has 1 heterocycles. The van der Waals surface area contributed by atoms with Crippen LogP contribution in [0.25, 0.3) is 11.4 Å². The summed E-state index contributed by atoms with van der Waals surface area (Å²) >= 11 is 5.30. The van der Waals surface area contributed by atoms with Gasteiger partial charge in [0.05, 0.1) is 27.5 Å². The van der Waals surface area contributed by atoms with Gasteiger partial charge >= 0.3 is 0 Å². The summed E-state index contributed by atoms with van der Waals surface area (Å²) < 4.78 is 17.8. The SMILES string of the molecule is COc1cccc(/C=N/n2c(-c3ccc(OC)c(OC)c3)n[nH]c2=S)c1. The predicted molar refractivity (Wildman–Crippen MR) is 102 cm³/mol. The van der Waals surface area contributed by atoms with Gasteiger partial charge in [-0.15, -0.1) is 0 Å². The molecule has 0 saturated heterocycles. The van der Waals surface area contributed by atoms with Gasteiger partial charge in [0.2, 0.25) is 4.77 Å². The molecule has 3 aromatic rings. The monoisotopic (exact) mass is 370 g/mol. The first kappa shape index (κ1) is 17.7. The lowest BCUT2D eigenvalue weighted by Crippen LogP contribution is -1.97. The quantitative estimate of drug-likeness (QED) is 0.531. The highest BCUT2D eigenvalue weighted by molar-refractivity contribution is 7.71. The Kier molecular flexibility index (Phi) is 5.33. The molecule has 134 valence electrons. The zero-order chi connectivity index (χ0) is 18.5. The minimum absolute atomic E-state index is 0.383. The van der Waals surface area contributed by atoms with Gasteiger partial charge in [0, 0.05) is 5.56 Å². The predicted octanol–water partition coefficient (Wildman–Crippen LogP) is 3.52. The second-order valence-corrected chi connectivity index (χ2v) is 5.64. The zero-order valence-electron chi connectivity index (χ0n) is 14.6. The molecular weight excluding hydrogens is 352 g/mol. The zero-order valence-corrected chi connectivity index (χ0v) is 15.4. The Balaban J connectivity index is 1.99. The Bertz CT molecular complexity index is 994. The van der Waals surface area contributed by atoms with Crippen LogP contribution in [0, 0.1) is 4.77 Å². The maximum absolute atomic E-state index is 5.35. The van der Waals surface area contributed by atoms with Crippen molar-refractivity contribution in [1.82, 2.24) is 14.9 Å². The maximum atomic E-state index is 5.35. The van der Waals surface area contributed by atoms with Crippen molar-refractivity contribution in [2.45, 2.75) is 0 Å². The van der Waals surface area contributed by atoms with Crippen LogP contribution in [0.5, 0.6) is 17.2 Å². The van der Waals surface area contributed by atoms with Crippen LogP contribution in [0.1, 0.15) is 5.56 Å². The van der Waals surface area contributed by atoms with Crippen LogP contribution in [0.15, 0.2) is 47.6 Å². The van der Waals surface area contributed by atoms with Crippen LogP contribution in [0.3, 0.4) is 0 Å². The molecule has 0 aliphatic heterocycles. The van der Waals surface area contributed by atoms with Crippen molar-refractivity contribution in [3.63, 3.8) is 0 Å². The van der Waals surface area contributed by atoms with E-state index in [-0.39, 0.29) is 0 Å². The third-order valence-electron chi connectivity index (χ3n) is 3.71. The van der Waals surface area contributed by atoms with Gasteiger partial charge in [0.15, 0.2) is 17.3 Å². The number of hydrogen-bond acceptors (Lipinski definition) is 6. The van der Waals surface area contributed by atoms with Crippen LogP contribution in [-0.2, 0) is 0 Å². The smallest absolute Gasteiger partial charge is 0.216 e. The fourth-order valence-corrected chi connectivity index (χ4v) is 2.59. The summed E-state index contributed by atoms with van der Waals surface area (Å²) in [5.41, 5.74) is 1.67. The average Bonchev–Trinajstić information content (AvgIpc) is 3.06. The van der Waals surface area contributed by atoms with Crippen LogP contribution in [-0.4, -0.2) is 42.4 Å². The van der Waals surface area contributed by atoms with Gasteiger partial charge < -0.3 is 14.2 Å². The molecule has 8 heteroatoms.